The van der Waals surface area contributed by atoms with Gasteiger partial charge in [0, 0.05) is 44.9 Å². The molecule has 0 spiro atoms. The van der Waals surface area contributed by atoms with E-state index in [0.29, 0.717) is 0 Å². The summed E-state index contributed by atoms with van der Waals surface area (Å²) in [6, 6.07) is 6.72. The highest BCUT2D eigenvalue weighted by Crippen LogP contribution is 2.11. The minimum absolute atomic E-state index is 0.146. The third kappa shape index (κ3) is 4.88. The van der Waals surface area contributed by atoms with Crippen LogP contribution in [0.2, 0.25) is 0 Å². The maximum atomic E-state index is 10.5. The molecule has 20 heavy (non-hydrogen) atoms. The molecule has 1 aliphatic heterocycles. The van der Waals surface area contributed by atoms with Gasteiger partial charge in [-0.1, -0.05) is 12.1 Å². The van der Waals surface area contributed by atoms with E-state index < -0.39 is 0 Å². The Kier molecular flexibility index (Phi) is 5.91. The number of nitro benzene ring substituents is 1. The predicted molar refractivity (Wildman–Crippen MR) is 78.7 cm³/mol. The van der Waals surface area contributed by atoms with E-state index in [1.54, 1.807) is 24.3 Å². The number of hydrogen-bond acceptors (Lipinski definition) is 5. The van der Waals surface area contributed by atoms with Gasteiger partial charge in [-0.05, 0) is 25.1 Å². The summed E-state index contributed by atoms with van der Waals surface area (Å²) in [7, 11) is 0. The normalized spacial score (nSPS) is 16.2. The number of nitrogens with zero attached hydrogens (tertiary/aromatic N) is 2. The summed E-state index contributed by atoms with van der Waals surface area (Å²) >= 11 is 0. The molecule has 6 nitrogen and oxygen atoms in total. The van der Waals surface area contributed by atoms with Gasteiger partial charge in [-0.2, -0.15) is 0 Å². The molecule has 1 aromatic carbocycles. The van der Waals surface area contributed by atoms with Gasteiger partial charge in [-0.3, -0.25) is 10.1 Å². The zero-order valence-electron chi connectivity index (χ0n) is 11.7. The number of nitrogens with one attached hydrogen (secondary N) is 2. The van der Waals surface area contributed by atoms with Crippen molar-refractivity contribution in [3.8, 4) is 0 Å². The van der Waals surface area contributed by atoms with E-state index in [2.05, 4.69) is 15.5 Å². The fraction of sp³-hybridized carbons (Fsp3) is 0.571. The van der Waals surface area contributed by atoms with Crippen LogP contribution in [0.15, 0.2) is 24.3 Å². The lowest BCUT2D eigenvalue weighted by atomic mass is 10.2. The third-order valence-corrected chi connectivity index (χ3v) is 3.51. The molecule has 0 unspecified atom stereocenters. The van der Waals surface area contributed by atoms with Gasteiger partial charge in [0.2, 0.25) is 0 Å². The summed E-state index contributed by atoms with van der Waals surface area (Å²) in [6.07, 6.45) is 1.13. The van der Waals surface area contributed by atoms with Crippen molar-refractivity contribution in [1.29, 1.82) is 0 Å². The van der Waals surface area contributed by atoms with Crippen molar-refractivity contribution in [2.45, 2.75) is 13.0 Å². The van der Waals surface area contributed by atoms with Crippen LogP contribution in [0, 0.1) is 10.1 Å². The van der Waals surface area contributed by atoms with Crippen LogP contribution >= 0.6 is 0 Å². The Hall–Kier alpha value is -1.50. The van der Waals surface area contributed by atoms with Crippen LogP contribution in [0.1, 0.15) is 12.0 Å². The highest BCUT2D eigenvalue weighted by atomic mass is 16.6. The molecule has 1 fully saturated rings. The number of rotatable bonds is 7. The number of hydrogen-bond donors (Lipinski definition) is 2. The number of nitro groups is 1. The monoisotopic (exact) mass is 278 g/mol. The largest absolute Gasteiger partial charge is 0.314 e. The lowest BCUT2D eigenvalue weighted by Gasteiger charge is -2.27. The standard InChI is InChI=1S/C14H22N4O2/c19-18(20)14-4-2-13(3-5-14)12-16-6-1-9-17-10-7-15-8-11-17/h2-5,15-16H,1,6-12H2. The summed E-state index contributed by atoms with van der Waals surface area (Å²) in [5.41, 5.74) is 1.23. The first-order chi connectivity index (χ1) is 9.75. The topological polar surface area (TPSA) is 70.4 Å². The lowest BCUT2D eigenvalue weighted by Crippen LogP contribution is -2.44. The van der Waals surface area contributed by atoms with Gasteiger partial charge in [0.05, 0.1) is 4.92 Å². The summed E-state index contributed by atoms with van der Waals surface area (Å²) in [5, 5.41) is 17.3. The van der Waals surface area contributed by atoms with Gasteiger partial charge in [-0.25, -0.2) is 0 Å². The molecule has 0 amide bonds. The van der Waals surface area contributed by atoms with Crippen LogP contribution in [0.5, 0.6) is 0 Å². The van der Waals surface area contributed by atoms with E-state index in [0.717, 1.165) is 57.8 Å². The predicted octanol–water partition coefficient (Wildman–Crippen LogP) is 0.980. The molecule has 1 aliphatic rings. The second kappa shape index (κ2) is 7.94. The van der Waals surface area contributed by atoms with E-state index in [1.165, 1.54) is 0 Å². The van der Waals surface area contributed by atoms with E-state index in [4.69, 9.17) is 0 Å². The van der Waals surface area contributed by atoms with Crippen LogP contribution in [0.4, 0.5) is 5.69 Å². The first-order valence-electron chi connectivity index (χ1n) is 7.13. The zero-order chi connectivity index (χ0) is 14.2. The Bertz CT molecular complexity index is 416. The summed E-state index contributed by atoms with van der Waals surface area (Å²) < 4.78 is 0. The minimum Gasteiger partial charge on any atom is -0.314 e. The number of non-ortho nitro benzene ring substituents is 1. The van der Waals surface area contributed by atoms with Crippen molar-refractivity contribution in [2.75, 3.05) is 39.3 Å². The van der Waals surface area contributed by atoms with Crippen molar-refractivity contribution in [2.24, 2.45) is 0 Å². The summed E-state index contributed by atoms with van der Waals surface area (Å²) in [5.74, 6) is 0. The molecule has 0 radical (unpaired) electrons. The first-order valence-corrected chi connectivity index (χ1v) is 7.13. The van der Waals surface area contributed by atoms with Crippen molar-refractivity contribution in [3.05, 3.63) is 39.9 Å². The molecule has 0 aromatic heterocycles. The molecule has 0 aliphatic carbocycles. The van der Waals surface area contributed by atoms with E-state index in [9.17, 15) is 10.1 Å². The lowest BCUT2D eigenvalue weighted by molar-refractivity contribution is -0.384. The third-order valence-electron chi connectivity index (χ3n) is 3.51. The Labute approximate surface area is 119 Å². The molecule has 2 rings (SSSR count). The van der Waals surface area contributed by atoms with Gasteiger partial charge < -0.3 is 15.5 Å². The fourth-order valence-corrected chi connectivity index (χ4v) is 2.33. The smallest absolute Gasteiger partial charge is 0.269 e. The SMILES string of the molecule is O=[N+]([O-])c1ccc(CNCCCN2CCNCC2)cc1. The van der Waals surface area contributed by atoms with Gasteiger partial charge in [-0.15, -0.1) is 0 Å². The second-order valence-electron chi connectivity index (χ2n) is 5.05. The van der Waals surface area contributed by atoms with Crippen molar-refractivity contribution in [1.82, 2.24) is 15.5 Å². The molecule has 0 saturated carbocycles. The van der Waals surface area contributed by atoms with Gasteiger partial charge in [0.15, 0.2) is 0 Å². The van der Waals surface area contributed by atoms with Crippen LogP contribution in [0.3, 0.4) is 0 Å². The van der Waals surface area contributed by atoms with E-state index in [-0.39, 0.29) is 10.6 Å². The molecular weight excluding hydrogens is 256 g/mol. The van der Waals surface area contributed by atoms with Crippen LogP contribution in [-0.2, 0) is 6.54 Å². The molecule has 0 bridgehead atoms. The highest BCUT2D eigenvalue weighted by Gasteiger charge is 2.08. The van der Waals surface area contributed by atoms with Gasteiger partial charge in [0.1, 0.15) is 0 Å². The Morgan fingerprint density at radius 3 is 2.60 bits per heavy atom. The van der Waals surface area contributed by atoms with E-state index in [1.807, 2.05) is 0 Å². The minimum atomic E-state index is -0.370. The quantitative estimate of drug-likeness (QED) is 0.442. The molecule has 1 saturated heterocycles. The van der Waals surface area contributed by atoms with Crippen molar-refractivity contribution in [3.63, 3.8) is 0 Å². The van der Waals surface area contributed by atoms with Crippen molar-refractivity contribution >= 4 is 5.69 Å². The van der Waals surface area contributed by atoms with Crippen LogP contribution in [-0.4, -0.2) is 49.1 Å². The summed E-state index contributed by atoms with van der Waals surface area (Å²) in [4.78, 5) is 12.6. The average Bonchev–Trinajstić information content (AvgIpc) is 2.48. The van der Waals surface area contributed by atoms with Crippen LogP contribution < -0.4 is 10.6 Å². The molecule has 2 N–H and O–H groups in total. The fourth-order valence-electron chi connectivity index (χ4n) is 2.33. The maximum absolute atomic E-state index is 10.5. The van der Waals surface area contributed by atoms with E-state index >= 15 is 0 Å². The molecule has 6 heteroatoms. The zero-order valence-corrected chi connectivity index (χ0v) is 11.7. The Morgan fingerprint density at radius 2 is 1.95 bits per heavy atom. The van der Waals surface area contributed by atoms with Gasteiger partial charge >= 0.3 is 0 Å². The maximum Gasteiger partial charge on any atom is 0.269 e. The highest BCUT2D eigenvalue weighted by molar-refractivity contribution is 5.32. The molecular formula is C14H22N4O2. The summed E-state index contributed by atoms with van der Waals surface area (Å²) in [6.45, 7) is 7.34. The molecule has 0 atom stereocenters. The average molecular weight is 278 g/mol. The molecule has 110 valence electrons. The van der Waals surface area contributed by atoms with Crippen molar-refractivity contribution < 1.29 is 4.92 Å². The van der Waals surface area contributed by atoms with Gasteiger partial charge in [0.25, 0.3) is 5.69 Å². The van der Waals surface area contributed by atoms with Crippen LogP contribution in [0.25, 0.3) is 0 Å². The molecule has 1 heterocycles. The Balaban J connectivity index is 1.59. The first kappa shape index (κ1) is 14.9. The number of piperazine rings is 1. The number of benzene rings is 1. The Morgan fingerprint density at radius 1 is 1.25 bits per heavy atom. The second-order valence-corrected chi connectivity index (χ2v) is 5.05. The molecule has 1 aromatic rings.